The number of halogens is 1. The van der Waals surface area contributed by atoms with E-state index in [1.807, 2.05) is 69.3 Å². The van der Waals surface area contributed by atoms with Crippen LogP contribution in [0.4, 0.5) is 0 Å². The minimum Gasteiger partial charge on any atom is -0.352 e. The van der Waals surface area contributed by atoms with Gasteiger partial charge in [-0.1, -0.05) is 59.6 Å². The highest BCUT2D eigenvalue weighted by molar-refractivity contribution is 6.31. The lowest BCUT2D eigenvalue weighted by Crippen LogP contribution is -2.49. The summed E-state index contributed by atoms with van der Waals surface area (Å²) in [6.07, 6.45) is 0.844. The number of rotatable bonds is 8. The van der Waals surface area contributed by atoms with E-state index in [0.717, 1.165) is 16.7 Å². The average Bonchev–Trinajstić information content (AvgIpc) is 2.65. The number of amides is 2. The molecular weight excluding hydrogens is 372 g/mol. The molecule has 0 fully saturated rings. The lowest BCUT2D eigenvalue weighted by Gasteiger charge is -2.29. The minimum atomic E-state index is -0.553. The summed E-state index contributed by atoms with van der Waals surface area (Å²) in [4.78, 5) is 27.2. The van der Waals surface area contributed by atoms with Crippen molar-refractivity contribution in [3.8, 4) is 0 Å². The molecule has 0 aliphatic carbocycles. The Labute approximate surface area is 172 Å². The minimum absolute atomic E-state index is 0.0226. The van der Waals surface area contributed by atoms with E-state index in [9.17, 15) is 9.59 Å². The van der Waals surface area contributed by atoms with Crippen LogP contribution < -0.4 is 5.32 Å². The van der Waals surface area contributed by atoms with Crippen LogP contribution in [0, 0.1) is 6.92 Å². The molecule has 5 heteroatoms. The van der Waals surface area contributed by atoms with Gasteiger partial charge in [0, 0.05) is 24.0 Å². The highest BCUT2D eigenvalue weighted by Crippen LogP contribution is 2.18. The van der Waals surface area contributed by atoms with Crippen molar-refractivity contribution in [1.29, 1.82) is 0 Å². The molecule has 1 atom stereocenters. The van der Waals surface area contributed by atoms with Gasteiger partial charge in [-0.3, -0.25) is 9.59 Å². The quantitative estimate of drug-likeness (QED) is 0.708. The second kappa shape index (κ2) is 10.3. The summed E-state index contributed by atoms with van der Waals surface area (Å²) >= 11 is 6.21. The zero-order valence-corrected chi connectivity index (χ0v) is 17.8. The molecule has 2 aromatic rings. The van der Waals surface area contributed by atoms with Gasteiger partial charge in [-0.15, -0.1) is 0 Å². The summed E-state index contributed by atoms with van der Waals surface area (Å²) < 4.78 is 0. The molecule has 0 aliphatic heterocycles. The Morgan fingerprint density at radius 2 is 1.68 bits per heavy atom. The van der Waals surface area contributed by atoms with Gasteiger partial charge in [0.15, 0.2) is 0 Å². The van der Waals surface area contributed by atoms with Crippen molar-refractivity contribution < 1.29 is 9.59 Å². The van der Waals surface area contributed by atoms with Gasteiger partial charge in [0.05, 0.1) is 0 Å². The number of nitrogens with zero attached hydrogens (tertiary/aromatic N) is 1. The van der Waals surface area contributed by atoms with E-state index in [4.69, 9.17) is 11.6 Å². The van der Waals surface area contributed by atoms with Gasteiger partial charge in [-0.05, 0) is 51.3 Å². The van der Waals surface area contributed by atoms with Crippen LogP contribution in [-0.2, 0) is 22.6 Å². The predicted octanol–water partition coefficient (Wildman–Crippen LogP) is 4.52. The monoisotopic (exact) mass is 400 g/mol. The van der Waals surface area contributed by atoms with Gasteiger partial charge in [0.1, 0.15) is 6.04 Å². The lowest BCUT2D eigenvalue weighted by molar-refractivity contribution is -0.140. The van der Waals surface area contributed by atoms with Crippen LogP contribution in [0.15, 0.2) is 48.5 Å². The first-order chi connectivity index (χ1) is 13.3. The largest absolute Gasteiger partial charge is 0.352 e. The Bertz CT molecular complexity index is 803. The van der Waals surface area contributed by atoms with Crippen LogP contribution in [0.25, 0.3) is 0 Å². The Hall–Kier alpha value is -2.33. The van der Waals surface area contributed by atoms with Crippen LogP contribution in [0.2, 0.25) is 5.02 Å². The van der Waals surface area contributed by atoms with Crippen molar-refractivity contribution in [2.75, 3.05) is 0 Å². The second-order valence-electron chi connectivity index (χ2n) is 7.44. The Balaban J connectivity index is 2.15. The first kappa shape index (κ1) is 22.0. The molecule has 0 spiro atoms. The van der Waals surface area contributed by atoms with Crippen molar-refractivity contribution in [3.63, 3.8) is 0 Å². The molecule has 150 valence electrons. The highest BCUT2D eigenvalue weighted by Gasteiger charge is 2.26. The molecule has 0 saturated carbocycles. The molecule has 2 aromatic carbocycles. The fraction of sp³-hybridized carbons (Fsp3) is 0.391. The number of benzene rings is 2. The lowest BCUT2D eigenvalue weighted by atomic mass is 10.1. The van der Waals surface area contributed by atoms with Crippen LogP contribution in [0.1, 0.15) is 43.9 Å². The van der Waals surface area contributed by atoms with Crippen molar-refractivity contribution in [2.24, 2.45) is 0 Å². The summed E-state index contributed by atoms with van der Waals surface area (Å²) in [5, 5.41) is 3.56. The molecule has 2 amide bonds. The molecule has 0 aromatic heterocycles. The smallest absolute Gasteiger partial charge is 0.242 e. The van der Waals surface area contributed by atoms with E-state index in [1.54, 1.807) is 11.8 Å². The number of nitrogens with one attached hydrogen (secondary N) is 1. The van der Waals surface area contributed by atoms with Crippen molar-refractivity contribution in [1.82, 2.24) is 10.2 Å². The third kappa shape index (κ3) is 6.38. The molecule has 2 rings (SSSR count). The summed E-state index contributed by atoms with van der Waals surface area (Å²) in [5.74, 6) is -0.208. The molecule has 4 nitrogen and oxygen atoms in total. The first-order valence-corrected chi connectivity index (χ1v) is 10.0. The van der Waals surface area contributed by atoms with Crippen LogP contribution >= 0.6 is 11.6 Å². The average molecular weight is 401 g/mol. The Morgan fingerprint density at radius 1 is 1.04 bits per heavy atom. The Kier molecular flexibility index (Phi) is 8.06. The molecular formula is C23H29ClN2O2. The van der Waals surface area contributed by atoms with Gasteiger partial charge >= 0.3 is 0 Å². The summed E-state index contributed by atoms with van der Waals surface area (Å²) in [7, 11) is 0. The molecule has 28 heavy (non-hydrogen) atoms. The molecule has 1 N–H and O–H groups in total. The number of aryl methyl sites for hydroxylation is 2. The van der Waals surface area contributed by atoms with Gasteiger partial charge in [-0.2, -0.15) is 0 Å². The van der Waals surface area contributed by atoms with Gasteiger partial charge in [-0.25, -0.2) is 0 Å². The van der Waals surface area contributed by atoms with E-state index in [1.165, 1.54) is 0 Å². The normalized spacial score (nSPS) is 11.9. The van der Waals surface area contributed by atoms with Crippen molar-refractivity contribution in [3.05, 3.63) is 70.2 Å². The second-order valence-corrected chi connectivity index (χ2v) is 7.85. The zero-order valence-electron chi connectivity index (χ0n) is 17.0. The van der Waals surface area contributed by atoms with E-state index in [0.29, 0.717) is 24.4 Å². The van der Waals surface area contributed by atoms with Crippen molar-refractivity contribution in [2.45, 2.75) is 59.2 Å². The topological polar surface area (TPSA) is 49.4 Å². The fourth-order valence-electron chi connectivity index (χ4n) is 2.96. The van der Waals surface area contributed by atoms with Gasteiger partial charge < -0.3 is 10.2 Å². The fourth-order valence-corrected chi connectivity index (χ4v) is 3.19. The maximum atomic E-state index is 13.0. The van der Waals surface area contributed by atoms with Crippen molar-refractivity contribution >= 4 is 23.4 Å². The van der Waals surface area contributed by atoms with Crippen LogP contribution in [0.3, 0.4) is 0 Å². The maximum Gasteiger partial charge on any atom is 0.242 e. The highest BCUT2D eigenvalue weighted by atomic mass is 35.5. The predicted molar refractivity (Wildman–Crippen MR) is 114 cm³/mol. The van der Waals surface area contributed by atoms with E-state index in [2.05, 4.69) is 5.32 Å². The molecule has 0 heterocycles. The molecule has 0 saturated heterocycles. The molecule has 0 aliphatic rings. The first-order valence-electron chi connectivity index (χ1n) is 9.66. The van der Waals surface area contributed by atoms with E-state index in [-0.39, 0.29) is 17.9 Å². The SMILES string of the molecule is Cc1ccc(CN(C(=O)CCc2ccccc2Cl)C(C)C(=O)NC(C)C)cc1. The van der Waals surface area contributed by atoms with Crippen LogP contribution in [-0.4, -0.2) is 28.8 Å². The zero-order chi connectivity index (χ0) is 20.7. The van der Waals surface area contributed by atoms with E-state index >= 15 is 0 Å². The van der Waals surface area contributed by atoms with E-state index < -0.39 is 6.04 Å². The third-order valence-corrected chi connectivity index (χ3v) is 5.01. The molecule has 0 radical (unpaired) electrons. The number of carbonyl (C=O) groups is 2. The van der Waals surface area contributed by atoms with Crippen LogP contribution in [0.5, 0.6) is 0 Å². The summed E-state index contributed by atoms with van der Waals surface area (Å²) in [6.45, 7) is 8.02. The molecule has 0 bridgehead atoms. The summed E-state index contributed by atoms with van der Waals surface area (Å²) in [5.41, 5.74) is 3.10. The Morgan fingerprint density at radius 3 is 2.29 bits per heavy atom. The number of hydrogen-bond acceptors (Lipinski definition) is 2. The van der Waals surface area contributed by atoms with Gasteiger partial charge in [0.25, 0.3) is 0 Å². The molecule has 1 unspecified atom stereocenters. The maximum absolute atomic E-state index is 13.0. The summed E-state index contributed by atoms with van der Waals surface area (Å²) in [6, 6.07) is 15.0. The number of carbonyl (C=O) groups excluding carboxylic acids is 2. The number of hydrogen-bond donors (Lipinski definition) is 1. The van der Waals surface area contributed by atoms with Gasteiger partial charge in [0.2, 0.25) is 11.8 Å². The standard InChI is InChI=1S/C23H29ClN2O2/c1-16(2)25-23(28)18(4)26(15-19-11-9-17(3)10-12-19)22(27)14-13-20-7-5-6-8-21(20)24/h5-12,16,18H,13-15H2,1-4H3,(H,25,28). The third-order valence-electron chi connectivity index (χ3n) is 4.64.